The molecule has 1 aromatic heterocycles. The molecular formula is C24H30N2O4. The second kappa shape index (κ2) is 8.94. The number of carbonyl (C=O) groups is 2. The minimum absolute atomic E-state index is 0.0265. The van der Waals surface area contributed by atoms with Gasteiger partial charge in [-0.1, -0.05) is 12.1 Å². The molecular weight excluding hydrogens is 380 g/mol. The van der Waals surface area contributed by atoms with Crippen LogP contribution in [0.15, 0.2) is 34.7 Å². The van der Waals surface area contributed by atoms with E-state index in [9.17, 15) is 9.59 Å². The average molecular weight is 411 g/mol. The number of rotatable bonds is 5. The van der Waals surface area contributed by atoms with Gasteiger partial charge in [-0.05, 0) is 57.7 Å². The third kappa shape index (κ3) is 4.37. The summed E-state index contributed by atoms with van der Waals surface area (Å²) in [5.74, 6) is 2.38. The molecule has 1 aromatic carbocycles. The van der Waals surface area contributed by atoms with E-state index >= 15 is 0 Å². The molecule has 6 heteroatoms. The lowest BCUT2D eigenvalue weighted by atomic mass is 9.98. The maximum absolute atomic E-state index is 12.9. The van der Waals surface area contributed by atoms with Gasteiger partial charge in [-0.15, -0.1) is 0 Å². The zero-order valence-electron chi connectivity index (χ0n) is 17.9. The van der Waals surface area contributed by atoms with Crippen LogP contribution in [0.3, 0.4) is 0 Å². The normalized spacial score (nSPS) is 19.2. The van der Waals surface area contributed by atoms with Crippen molar-refractivity contribution in [3.05, 3.63) is 53.0 Å². The van der Waals surface area contributed by atoms with Crippen LogP contribution in [0.1, 0.15) is 57.9 Å². The molecule has 2 aromatic rings. The molecule has 2 saturated heterocycles. The van der Waals surface area contributed by atoms with Crippen LogP contribution in [0, 0.1) is 19.8 Å². The van der Waals surface area contributed by atoms with E-state index in [1.54, 1.807) is 0 Å². The van der Waals surface area contributed by atoms with Gasteiger partial charge in [0.15, 0.2) is 0 Å². The lowest BCUT2D eigenvalue weighted by molar-refractivity contribution is 0.0630. The highest BCUT2D eigenvalue weighted by atomic mass is 16.5. The molecule has 1 unspecified atom stereocenters. The minimum Gasteiger partial charge on any atom is -0.492 e. The maximum Gasteiger partial charge on any atom is 0.257 e. The Morgan fingerprint density at radius 2 is 1.70 bits per heavy atom. The molecule has 160 valence electrons. The number of amides is 2. The highest BCUT2D eigenvalue weighted by Crippen LogP contribution is 2.25. The Labute approximate surface area is 177 Å². The molecule has 0 radical (unpaired) electrons. The Hall–Kier alpha value is -2.76. The standard InChI is InChI=1S/C24H30N2O4/c1-17-14-21(18(2)30-17)24(28)26-13-7-8-19(15-26)16-29-22-10-4-3-9-20(22)23(27)25-11-5-6-12-25/h3-4,9-10,14,19H,5-8,11-13,15-16H2,1-2H3. The zero-order chi connectivity index (χ0) is 21.1. The van der Waals surface area contributed by atoms with Crippen LogP contribution < -0.4 is 4.74 Å². The first-order valence-corrected chi connectivity index (χ1v) is 10.9. The first-order chi connectivity index (χ1) is 14.5. The number of benzene rings is 1. The summed E-state index contributed by atoms with van der Waals surface area (Å²) in [5, 5.41) is 0. The Morgan fingerprint density at radius 1 is 1.00 bits per heavy atom. The maximum atomic E-state index is 12.9. The van der Waals surface area contributed by atoms with Crippen molar-refractivity contribution in [3.8, 4) is 5.75 Å². The number of likely N-dealkylation sites (tertiary alicyclic amines) is 2. The minimum atomic E-state index is 0.0265. The van der Waals surface area contributed by atoms with Gasteiger partial charge in [-0.25, -0.2) is 0 Å². The van der Waals surface area contributed by atoms with Gasteiger partial charge in [0.1, 0.15) is 17.3 Å². The average Bonchev–Trinajstić information content (AvgIpc) is 3.41. The molecule has 0 spiro atoms. The van der Waals surface area contributed by atoms with E-state index in [2.05, 4.69) is 0 Å². The third-order valence-electron chi connectivity index (χ3n) is 6.06. The summed E-state index contributed by atoms with van der Waals surface area (Å²) in [6.07, 6.45) is 4.09. The summed E-state index contributed by atoms with van der Waals surface area (Å²) in [6, 6.07) is 9.31. The van der Waals surface area contributed by atoms with E-state index in [4.69, 9.17) is 9.15 Å². The Bertz CT molecular complexity index is 914. The fraction of sp³-hybridized carbons (Fsp3) is 0.500. The van der Waals surface area contributed by atoms with E-state index in [1.165, 1.54) is 0 Å². The molecule has 0 aliphatic carbocycles. The SMILES string of the molecule is Cc1cc(C(=O)N2CCCC(COc3ccccc3C(=O)N3CCCC3)C2)c(C)o1. The Kier molecular flexibility index (Phi) is 6.11. The van der Waals surface area contributed by atoms with Crippen LogP contribution in [-0.2, 0) is 0 Å². The quantitative estimate of drug-likeness (QED) is 0.746. The number of para-hydroxylation sites is 1. The molecule has 3 heterocycles. The predicted octanol–water partition coefficient (Wildman–Crippen LogP) is 4.06. The Morgan fingerprint density at radius 3 is 2.43 bits per heavy atom. The smallest absolute Gasteiger partial charge is 0.257 e. The second-order valence-electron chi connectivity index (χ2n) is 8.39. The van der Waals surface area contributed by atoms with Crippen LogP contribution in [-0.4, -0.2) is 54.4 Å². The first kappa shape index (κ1) is 20.5. The predicted molar refractivity (Wildman–Crippen MR) is 114 cm³/mol. The lowest BCUT2D eigenvalue weighted by Crippen LogP contribution is -2.41. The molecule has 6 nitrogen and oxygen atoms in total. The van der Waals surface area contributed by atoms with Crippen molar-refractivity contribution in [1.82, 2.24) is 9.80 Å². The van der Waals surface area contributed by atoms with Crippen LogP contribution >= 0.6 is 0 Å². The van der Waals surface area contributed by atoms with E-state index < -0.39 is 0 Å². The number of hydrogen-bond donors (Lipinski definition) is 0. The van der Waals surface area contributed by atoms with Crippen molar-refractivity contribution >= 4 is 11.8 Å². The fourth-order valence-electron chi connectivity index (χ4n) is 4.47. The summed E-state index contributed by atoms with van der Waals surface area (Å²) < 4.78 is 11.6. The molecule has 30 heavy (non-hydrogen) atoms. The topological polar surface area (TPSA) is 63.0 Å². The fourth-order valence-corrected chi connectivity index (χ4v) is 4.47. The van der Waals surface area contributed by atoms with E-state index in [0.717, 1.165) is 51.1 Å². The van der Waals surface area contributed by atoms with Gasteiger partial charge in [-0.3, -0.25) is 9.59 Å². The third-order valence-corrected chi connectivity index (χ3v) is 6.06. The molecule has 4 rings (SSSR count). The molecule has 0 N–H and O–H groups in total. The van der Waals surface area contributed by atoms with Gasteiger partial charge >= 0.3 is 0 Å². The summed E-state index contributed by atoms with van der Waals surface area (Å²) in [6.45, 7) is 7.24. The number of piperidine rings is 1. The molecule has 0 bridgehead atoms. The van der Waals surface area contributed by atoms with Crippen molar-refractivity contribution in [1.29, 1.82) is 0 Å². The second-order valence-corrected chi connectivity index (χ2v) is 8.39. The largest absolute Gasteiger partial charge is 0.492 e. The van der Waals surface area contributed by atoms with Crippen molar-refractivity contribution < 1.29 is 18.7 Å². The monoisotopic (exact) mass is 410 g/mol. The van der Waals surface area contributed by atoms with E-state index in [0.29, 0.717) is 35.8 Å². The van der Waals surface area contributed by atoms with Crippen LogP contribution in [0.2, 0.25) is 0 Å². The molecule has 2 aliphatic rings. The number of hydrogen-bond acceptors (Lipinski definition) is 4. The van der Waals surface area contributed by atoms with Crippen LogP contribution in [0.5, 0.6) is 5.75 Å². The van der Waals surface area contributed by atoms with Gasteiger partial charge in [-0.2, -0.15) is 0 Å². The number of carbonyl (C=O) groups excluding carboxylic acids is 2. The van der Waals surface area contributed by atoms with Crippen molar-refractivity contribution in [2.75, 3.05) is 32.8 Å². The van der Waals surface area contributed by atoms with E-state index in [1.807, 2.05) is 54.0 Å². The van der Waals surface area contributed by atoms with Gasteiger partial charge in [0.25, 0.3) is 11.8 Å². The molecule has 2 fully saturated rings. The summed E-state index contributed by atoms with van der Waals surface area (Å²) in [4.78, 5) is 29.6. The van der Waals surface area contributed by atoms with Gasteiger partial charge in [0.2, 0.25) is 0 Å². The van der Waals surface area contributed by atoms with Crippen molar-refractivity contribution in [2.24, 2.45) is 5.92 Å². The number of furan rings is 1. The molecule has 2 aliphatic heterocycles. The highest BCUT2D eigenvalue weighted by Gasteiger charge is 2.28. The number of nitrogens with zero attached hydrogens (tertiary/aromatic N) is 2. The van der Waals surface area contributed by atoms with Crippen LogP contribution in [0.4, 0.5) is 0 Å². The first-order valence-electron chi connectivity index (χ1n) is 10.9. The molecule has 2 amide bonds. The van der Waals surface area contributed by atoms with Gasteiger partial charge in [0.05, 0.1) is 17.7 Å². The summed E-state index contributed by atoms with van der Waals surface area (Å²) in [5.41, 5.74) is 1.28. The number of ether oxygens (including phenoxy) is 1. The zero-order valence-corrected chi connectivity index (χ0v) is 17.9. The number of aryl methyl sites for hydroxylation is 2. The van der Waals surface area contributed by atoms with Crippen LogP contribution in [0.25, 0.3) is 0 Å². The van der Waals surface area contributed by atoms with Crippen molar-refractivity contribution in [2.45, 2.75) is 39.5 Å². The summed E-state index contributed by atoms with van der Waals surface area (Å²) in [7, 11) is 0. The lowest BCUT2D eigenvalue weighted by Gasteiger charge is -2.32. The molecule has 0 saturated carbocycles. The van der Waals surface area contributed by atoms with Gasteiger partial charge < -0.3 is 19.0 Å². The Balaban J connectivity index is 1.39. The molecule has 1 atom stereocenters. The van der Waals surface area contributed by atoms with E-state index in [-0.39, 0.29) is 17.7 Å². The van der Waals surface area contributed by atoms with Crippen molar-refractivity contribution in [3.63, 3.8) is 0 Å². The van der Waals surface area contributed by atoms with Gasteiger partial charge in [0, 0.05) is 32.1 Å². The highest BCUT2D eigenvalue weighted by molar-refractivity contribution is 5.97. The summed E-state index contributed by atoms with van der Waals surface area (Å²) >= 11 is 0.